The van der Waals surface area contributed by atoms with Gasteiger partial charge in [-0.05, 0) is 53.8 Å². The number of thioether (sulfide) groups is 1. The average molecular weight is 513 g/mol. The Kier molecular flexibility index (Phi) is 8.36. The van der Waals surface area contributed by atoms with E-state index in [2.05, 4.69) is 21.3 Å². The second-order valence-electron chi connectivity index (χ2n) is 8.22. The molecule has 1 aliphatic heterocycles. The van der Waals surface area contributed by atoms with E-state index in [0.717, 1.165) is 42.3 Å². The van der Waals surface area contributed by atoms with Crippen LogP contribution in [-0.4, -0.2) is 43.2 Å². The van der Waals surface area contributed by atoms with E-state index in [1.807, 2.05) is 37.3 Å². The van der Waals surface area contributed by atoms with Crippen LogP contribution in [0.3, 0.4) is 0 Å². The summed E-state index contributed by atoms with van der Waals surface area (Å²) in [4.78, 5) is 23.7. The van der Waals surface area contributed by atoms with Crippen LogP contribution in [0, 0.1) is 0 Å². The zero-order chi connectivity index (χ0) is 24.8. The zero-order valence-corrected chi connectivity index (χ0v) is 21.7. The molecule has 0 radical (unpaired) electrons. The minimum Gasteiger partial charge on any atom is -0.493 e. The number of nitrogens with one attached hydrogen (secondary N) is 1. The predicted octanol–water partition coefficient (Wildman–Crippen LogP) is 5.14. The Balaban J connectivity index is 1.47. The molecule has 7 nitrogen and oxygen atoms in total. The van der Waals surface area contributed by atoms with E-state index in [1.54, 1.807) is 20.3 Å². The number of benzene rings is 2. The Hall–Kier alpha value is -2.97. The van der Waals surface area contributed by atoms with Gasteiger partial charge in [0.05, 0.1) is 14.2 Å². The van der Waals surface area contributed by atoms with Gasteiger partial charge in [0.25, 0.3) is 5.91 Å². The molecule has 1 amide bonds. The lowest BCUT2D eigenvalue weighted by molar-refractivity contribution is 0.0953. The van der Waals surface area contributed by atoms with Gasteiger partial charge in [-0.3, -0.25) is 4.79 Å². The minimum atomic E-state index is -0.0559. The number of fused-ring (bicyclic) bond motifs is 1. The molecular formula is C26H29ClN4O3S. The third-order valence-electron chi connectivity index (χ3n) is 5.80. The molecule has 0 bridgehead atoms. The molecule has 35 heavy (non-hydrogen) atoms. The van der Waals surface area contributed by atoms with Crippen molar-refractivity contribution >= 4 is 35.1 Å². The van der Waals surface area contributed by atoms with Crippen molar-refractivity contribution in [2.75, 3.05) is 32.2 Å². The molecule has 1 aliphatic rings. The molecule has 3 aromatic rings. The highest BCUT2D eigenvalue weighted by atomic mass is 35.5. The fourth-order valence-corrected chi connectivity index (χ4v) is 5.01. The first-order valence-corrected chi connectivity index (χ1v) is 12.9. The maximum Gasteiger partial charge on any atom is 0.251 e. The Labute approximate surface area is 215 Å². The maximum absolute atomic E-state index is 12.3. The second-order valence-corrected chi connectivity index (χ2v) is 9.55. The van der Waals surface area contributed by atoms with Crippen LogP contribution in [0.1, 0.15) is 40.4 Å². The van der Waals surface area contributed by atoms with E-state index < -0.39 is 0 Å². The summed E-state index contributed by atoms with van der Waals surface area (Å²) in [6.45, 7) is 4.21. The maximum atomic E-state index is 12.3. The van der Waals surface area contributed by atoms with Crippen molar-refractivity contribution in [2.45, 2.75) is 37.2 Å². The number of hydrogen-bond donors (Lipinski definition) is 1. The molecule has 0 saturated carbocycles. The van der Waals surface area contributed by atoms with Crippen LogP contribution >= 0.6 is 23.4 Å². The summed E-state index contributed by atoms with van der Waals surface area (Å²) < 4.78 is 10.9. The molecular weight excluding hydrogens is 484 g/mol. The third kappa shape index (κ3) is 6.18. The average Bonchev–Trinajstić information content (AvgIpc) is 2.89. The summed E-state index contributed by atoms with van der Waals surface area (Å²) in [5.41, 5.74) is 4.10. The van der Waals surface area contributed by atoms with Gasteiger partial charge in [-0.1, -0.05) is 42.4 Å². The van der Waals surface area contributed by atoms with Crippen molar-refractivity contribution in [3.63, 3.8) is 0 Å². The molecule has 0 atom stereocenters. The van der Waals surface area contributed by atoms with Gasteiger partial charge in [0, 0.05) is 37.0 Å². The molecule has 2 aromatic carbocycles. The highest BCUT2D eigenvalue weighted by Crippen LogP contribution is 2.35. The van der Waals surface area contributed by atoms with Crippen LogP contribution < -0.4 is 19.7 Å². The van der Waals surface area contributed by atoms with Crippen molar-refractivity contribution < 1.29 is 14.3 Å². The molecule has 0 spiro atoms. The highest BCUT2D eigenvalue weighted by molar-refractivity contribution is 7.98. The van der Waals surface area contributed by atoms with Gasteiger partial charge in [0.1, 0.15) is 11.0 Å². The summed E-state index contributed by atoms with van der Waals surface area (Å²) in [5.74, 6) is 2.83. The number of amides is 1. The Bertz CT molecular complexity index is 1210. The van der Waals surface area contributed by atoms with Gasteiger partial charge in [-0.15, -0.1) is 0 Å². The first-order chi connectivity index (χ1) is 17.0. The topological polar surface area (TPSA) is 76.6 Å². The predicted molar refractivity (Wildman–Crippen MR) is 140 cm³/mol. The van der Waals surface area contributed by atoms with E-state index in [4.69, 9.17) is 26.1 Å². The first kappa shape index (κ1) is 25.1. The Morgan fingerprint density at radius 2 is 1.89 bits per heavy atom. The van der Waals surface area contributed by atoms with Gasteiger partial charge in [0.2, 0.25) is 0 Å². The molecule has 1 aromatic heterocycles. The lowest BCUT2D eigenvalue weighted by atomic mass is 9.99. The van der Waals surface area contributed by atoms with Crippen LogP contribution in [0.2, 0.25) is 5.15 Å². The quantitative estimate of drug-likeness (QED) is 0.241. The Morgan fingerprint density at radius 3 is 2.63 bits per heavy atom. The zero-order valence-electron chi connectivity index (χ0n) is 20.1. The van der Waals surface area contributed by atoms with Gasteiger partial charge in [-0.25, -0.2) is 9.97 Å². The van der Waals surface area contributed by atoms with Gasteiger partial charge >= 0.3 is 0 Å². The molecule has 1 N–H and O–H groups in total. The van der Waals surface area contributed by atoms with E-state index in [9.17, 15) is 4.79 Å². The molecule has 0 saturated heterocycles. The van der Waals surface area contributed by atoms with Crippen molar-refractivity contribution in [1.82, 2.24) is 15.3 Å². The molecule has 184 valence electrons. The molecule has 0 fully saturated rings. The summed E-state index contributed by atoms with van der Waals surface area (Å²) >= 11 is 7.87. The number of halogens is 1. The number of rotatable bonds is 9. The molecule has 0 aliphatic carbocycles. The number of methoxy groups -OCH3 is 2. The van der Waals surface area contributed by atoms with Crippen LogP contribution in [0.5, 0.6) is 11.5 Å². The largest absolute Gasteiger partial charge is 0.493 e. The van der Waals surface area contributed by atoms with Crippen molar-refractivity contribution in [3.05, 3.63) is 69.9 Å². The SMILES string of the molecule is CCCNC(=O)c1cccc(CSc2nc(Cl)cc(N3CCc4cc(OC)c(OC)cc4C3)n2)c1. The van der Waals surface area contributed by atoms with E-state index >= 15 is 0 Å². The Morgan fingerprint density at radius 1 is 1.11 bits per heavy atom. The van der Waals surface area contributed by atoms with Gasteiger partial charge < -0.3 is 19.7 Å². The van der Waals surface area contributed by atoms with E-state index in [-0.39, 0.29) is 5.91 Å². The van der Waals surface area contributed by atoms with Crippen LogP contribution in [0.4, 0.5) is 5.82 Å². The number of carbonyl (C=O) groups excluding carboxylic acids is 1. The lowest BCUT2D eigenvalue weighted by Gasteiger charge is -2.30. The normalized spacial score (nSPS) is 12.7. The fraction of sp³-hybridized carbons (Fsp3) is 0.346. The van der Waals surface area contributed by atoms with Crippen molar-refractivity contribution in [1.29, 1.82) is 0 Å². The summed E-state index contributed by atoms with van der Waals surface area (Å²) in [6.07, 6.45) is 1.77. The van der Waals surface area contributed by atoms with E-state index in [1.165, 1.54) is 22.9 Å². The third-order valence-corrected chi connectivity index (χ3v) is 6.91. The summed E-state index contributed by atoms with van der Waals surface area (Å²) in [5, 5.41) is 3.92. The lowest BCUT2D eigenvalue weighted by Crippen LogP contribution is -2.31. The van der Waals surface area contributed by atoms with Crippen molar-refractivity contribution in [2.24, 2.45) is 0 Å². The van der Waals surface area contributed by atoms with Gasteiger partial charge in [-0.2, -0.15) is 0 Å². The summed E-state index contributed by atoms with van der Waals surface area (Å²) in [6, 6.07) is 13.5. The molecule has 9 heteroatoms. The van der Waals surface area contributed by atoms with E-state index in [0.29, 0.717) is 34.7 Å². The number of hydrogen-bond acceptors (Lipinski definition) is 7. The van der Waals surface area contributed by atoms with Crippen LogP contribution in [0.15, 0.2) is 47.6 Å². The monoisotopic (exact) mass is 512 g/mol. The van der Waals surface area contributed by atoms with Crippen LogP contribution in [-0.2, 0) is 18.7 Å². The highest BCUT2D eigenvalue weighted by Gasteiger charge is 2.21. The van der Waals surface area contributed by atoms with Crippen LogP contribution in [0.25, 0.3) is 0 Å². The standard InChI is InChI=1S/C26H29ClN4O3S/c1-4-9-28-25(32)19-7-5-6-17(11-19)16-35-26-29-23(27)14-24(30-26)31-10-8-18-12-21(33-2)22(34-3)13-20(18)15-31/h5-7,11-14H,4,8-10,15-16H2,1-3H3,(H,28,32). The number of aromatic nitrogens is 2. The van der Waals surface area contributed by atoms with Gasteiger partial charge in [0.15, 0.2) is 16.7 Å². The number of carbonyl (C=O) groups is 1. The smallest absolute Gasteiger partial charge is 0.251 e. The van der Waals surface area contributed by atoms with Crippen molar-refractivity contribution in [3.8, 4) is 11.5 Å². The minimum absolute atomic E-state index is 0.0559. The fourth-order valence-electron chi connectivity index (χ4n) is 3.98. The number of ether oxygens (including phenoxy) is 2. The number of anilines is 1. The summed E-state index contributed by atoms with van der Waals surface area (Å²) in [7, 11) is 3.30. The molecule has 4 rings (SSSR count). The second kappa shape index (κ2) is 11.6. The molecule has 2 heterocycles. The molecule has 0 unspecified atom stereocenters. The first-order valence-electron chi connectivity index (χ1n) is 11.5. The number of nitrogens with zero attached hydrogens (tertiary/aromatic N) is 3.